The molecule has 4 nitrogen and oxygen atoms in total. The van der Waals surface area contributed by atoms with Crippen LogP contribution >= 0.6 is 0 Å². The summed E-state index contributed by atoms with van der Waals surface area (Å²) in [4.78, 5) is 2.05. The van der Waals surface area contributed by atoms with E-state index in [1.807, 2.05) is 18.9 Å². The molecule has 0 bridgehead atoms. The molecule has 0 aliphatic heterocycles. The smallest absolute Gasteiger partial charge is 0.126 e. The maximum absolute atomic E-state index is 9.54. The second-order valence-electron chi connectivity index (χ2n) is 4.86. The molecule has 0 aromatic heterocycles. The van der Waals surface area contributed by atoms with Crippen molar-refractivity contribution >= 4 is 0 Å². The summed E-state index contributed by atoms with van der Waals surface area (Å²) in [7, 11) is 3.66. The van der Waals surface area contributed by atoms with Gasteiger partial charge in [-0.25, -0.2) is 0 Å². The minimum atomic E-state index is -0.480. The molecule has 0 heterocycles. The number of hydrogen-bond donors (Lipinski definition) is 2. The van der Waals surface area contributed by atoms with E-state index in [0.29, 0.717) is 6.54 Å². The number of nitrogens with zero attached hydrogens (tertiary/aromatic N) is 1. The molecule has 1 aromatic rings. The summed E-state index contributed by atoms with van der Waals surface area (Å²) >= 11 is 0. The first-order valence-corrected chi connectivity index (χ1v) is 6.18. The van der Waals surface area contributed by atoms with Crippen LogP contribution < -0.4 is 10.5 Å². The Labute approximate surface area is 109 Å². The van der Waals surface area contributed by atoms with Crippen molar-refractivity contribution in [2.24, 2.45) is 5.73 Å². The van der Waals surface area contributed by atoms with Gasteiger partial charge in [0.25, 0.3) is 0 Å². The molecule has 0 aliphatic carbocycles. The van der Waals surface area contributed by atoms with E-state index in [1.165, 1.54) is 5.56 Å². The highest BCUT2D eigenvalue weighted by Crippen LogP contribution is 2.26. The summed E-state index contributed by atoms with van der Waals surface area (Å²) in [6.07, 6.45) is -0.480. The predicted molar refractivity (Wildman–Crippen MR) is 73.9 cm³/mol. The molecule has 18 heavy (non-hydrogen) atoms. The Bertz CT molecular complexity index is 394. The molecule has 1 rings (SSSR count). The zero-order chi connectivity index (χ0) is 13.7. The van der Waals surface area contributed by atoms with Gasteiger partial charge in [0, 0.05) is 25.2 Å². The monoisotopic (exact) mass is 252 g/mol. The number of aliphatic hydroxyl groups is 1. The number of rotatable bonds is 6. The van der Waals surface area contributed by atoms with Gasteiger partial charge in [0.2, 0.25) is 0 Å². The van der Waals surface area contributed by atoms with Gasteiger partial charge in [-0.1, -0.05) is 17.7 Å². The van der Waals surface area contributed by atoms with Gasteiger partial charge < -0.3 is 15.6 Å². The van der Waals surface area contributed by atoms with Gasteiger partial charge in [-0.05, 0) is 26.5 Å². The van der Waals surface area contributed by atoms with Crippen LogP contribution in [0.25, 0.3) is 0 Å². The average molecular weight is 252 g/mol. The minimum absolute atomic E-state index is 0.286. The molecule has 0 spiro atoms. The lowest BCUT2D eigenvalue weighted by Crippen LogP contribution is -2.33. The second-order valence-corrected chi connectivity index (χ2v) is 4.86. The largest absolute Gasteiger partial charge is 0.496 e. The van der Waals surface area contributed by atoms with Crippen molar-refractivity contribution in [1.29, 1.82) is 0 Å². The summed E-state index contributed by atoms with van der Waals surface area (Å²) in [6.45, 7) is 5.71. The summed E-state index contributed by atoms with van der Waals surface area (Å²) < 4.78 is 5.45. The van der Waals surface area contributed by atoms with Crippen molar-refractivity contribution in [2.45, 2.75) is 26.5 Å². The highest BCUT2D eigenvalue weighted by molar-refractivity contribution is 5.43. The van der Waals surface area contributed by atoms with Crippen LogP contribution in [0.1, 0.15) is 16.7 Å². The average Bonchev–Trinajstić information content (AvgIpc) is 2.28. The third-order valence-corrected chi connectivity index (χ3v) is 2.93. The number of ether oxygens (including phenoxy) is 1. The zero-order valence-electron chi connectivity index (χ0n) is 11.7. The zero-order valence-corrected chi connectivity index (χ0v) is 11.7. The Balaban J connectivity index is 2.83. The minimum Gasteiger partial charge on any atom is -0.496 e. The van der Waals surface area contributed by atoms with Crippen LogP contribution in [0.2, 0.25) is 0 Å². The Morgan fingerprint density at radius 1 is 1.39 bits per heavy atom. The lowest BCUT2D eigenvalue weighted by molar-refractivity contribution is 0.129. The quantitative estimate of drug-likeness (QED) is 0.795. The first kappa shape index (κ1) is 15.0. The molecule has 4 heteroatoms. The summed E-state index contributed by atoms with van der Waals surface area (Å²) in [6, 6.07) is 4.23. The molecule has 102 valence electrons. The van der Waals surface area contributed by atoms with E-state index >= 15 is 0 Å². The highest BCUT2D eigenvalue weighted by atomic mass is 16.5. The molecule has 0 saturated heterocycles. The van der Waals surface area contributed by atoms with E-state index < -0.39 is 6.10 Å². The maximum atomic E-state index is 9.54. The van der Waals surface area contributed by atoms with Crippen molar-refractivity contribution in [2.75, 3.05) is 27.2 Å². The Hall–Kier alpha value is -1.10. The molecular weight excluding hydrogens is 228 g/mol. The molecule has 1 atom stereocenters. The predicted octanol–water partition coefficient (Wildman–Crippen LogP) is 1.06. The van der Waals surface area contributed by atoms with Crippen LogP contribution in [-0.2, 0) is 6.54 Å². The first-order chi connectivity index (χ1) is 8.47. The lowest BCUT2D eigenvalue weighted by Gasteiger charge is -2.22. The lowest BCUT2D eigenvalue weighted by atomic mass is 10.0. The third-order valence-electron chi connectivity index (χ3n) is 2.93. The number of likely N-dealkylation sites (N-methyl/N-ethyl adjacent to an activating group) is 1. The van der Waals surface area contributed by atoms with Crippen LogP contribution in [0.5, 0.6) is 5.75 Å². The molecule has 1 unspecified atom stereocenters. The van der Waals surface area contributed by atoms with Gasteiger partial charge in [0.1, 0.15) is 5.75 Å². The third kappa shape index (κ3) is 3.98. The van der Waals surface area contributed by atoms with Gasteiger partial charge in [-0.15, -0.1) is 0 Å². The number of benzene rings is 1. The first-order valence-electron chi connectivity index (χ1n) is 6.18. The van der Waals surface area contributed by atoms with E-state index in [4.69, 9.17) is 10.5 Å². The van der Waals surface area contributed by atoms with Gasteiger partial charge >= 0.3 is 0 Å². The van der Waals surface area contributed by atoms with E-state index in [9.17, 15) is 5.11 Å². The van der Waals surface area contributed by atoms with Crippen LogP contribution in [0, 0.1) is 13.8 Å². The Morgan fingerprint density at radius 3 is 2.61 bits per heavy atom. The summed E-state index contributed by atoms with van der Waals surface area (Å²) in [5.74, 6) is 0.926. The number of aryl methyl sites for hydroxylation is 2. The number of methoxy groups -OCH3 is 1. The number of aliphatic hydroxyl groups excluding tert-OH is 1. The van der Waals surface area contributed by atoms with E-state index in [-0.39, 0.29) is 6.54 Å². The van der Waals surface area contributed by atoms with Crippen molar-refractivity contribution < 1.29 is 9.84 Å². The van der Waals surface area contributed by atoms with Crippen LogP contribution in [-0.4, -0.2) is 43.4 Å². The fourth-order valence-electron chi connectivity index (χ4n) is 2.24. The maximum Gasteiger partial charge on any atom is 0.126 e. The highest BCUT2D eigenvalue weighted by Gasteiger charge is 2.12. The molecular formula is C14H24N2O2. The molecule has 0 amide bonds. The number of hydrogen-bond acceptors (Lipinski definition) is 4. The molecule has 0 fully saturated rings. The van der Waals surface area contributed by atoms with Crippen LogP contribution in [0.4, 0.5) is 0 Å². The second kappa shape index (κ2) is 6.73. The normalized spacial score (nSPS) is 12.8. The van der Waals surface area contributed by atoms with Crippen molar-refractivity contribution in [3.8, 4) is 5.75 Å². The van der Waals surface area contributed by atoms with Gasteiger partial charge in [-0.3, -0.25) is 4.90 Å². The molecule has 0 aliphatic rings. The van der Waals surface area contributed by atoms with E-state index in [1.54, 1.807) is 7.11 Å². The summed E-state index contributed by atoms with van der Waals surface area (Å²) in [5, 5.41) is 9.54. The van der Waals surface area contributed by atoms with Gasteiger partial charge in [0.05, 0.1) is 13.2 Å². The molecule has 1 aromatic carbocycles. The molecule has 3 N–H and O–H groups in total. The summed E-state index contributed by atoms with van der Waals surface area (Å²) in [5.41, 5.74) is 8.91. The van der Waals surface area contributed by atoms with E-state index in [2.05, 4.69) is 19.1 Å². The van der Waals surface area contributed by atoms with Crippen LogP contribution in [0.15, 0.2) is 12.1 Å². The Kier molecular flexibility index (Phi) is 5.59. The standard InChI is InChI=1S/C14H24N2O2/c1-10-5-11(2)14(18-4)12(6-10)8-16(3)9-13(17)7-15/h5-6,13,17H,7-9,15H2,1-4H3. The van der Waals surface area contributed by atoms with Crippen LogP contribution in [0.3, 0.4) is 0 Å². The fourth-order valence-corrected chi connectivity index (χ4v) is 2.24. The van der Waals surface area contributed by atoms with Crippen molar-refractivity contribution in [1.82, 2.24) is 4.90 Å². The Morgan fingerprint density at radius 2 is 2.06 bits per heavy atom. The fraction of sp³-hybridized carbons (Fsp3) is 0.571. The van der Waals surface area contributed by atoms with Crippen molar-refractivity contribution in [3.63, 3.8) is 0 Å². The molecule has 0 saturated carbocycles. The van der Waals surface area contributed by atoms with Gasteiger partial charge in [0.15, 0.2) is 0 Å². The molecule has 0 radical (unpaired) electrons. The van der Waals surface area contributed by atoms with Gasteiger partial charge in [-0.2, -0.15) is 0 Å². The SMILES string of the molecule is COc1c(C)cc(C)cc1CN(C)CC(O)CN. The number of nitrogens with two attached hydrogens (primary N) is 1. The van der Waals surface area contributed by atoms with E-state index in [0.717, 1.165) is 23.4 Å². The van der Waals surface area contributed by atoms with Crippen molar-refractivity contribution in [3.05, 3.63) is 28.8 Å². The topological polar surface area (TPSA) is 58.7 Å².